The van der Waals surface area contributed by atoms with Crippen molar-refractivity contribution in [3.8, 4) is 11.5 Å². The van der Waals surface area contributed by atoms with Crippen LogP contribution < -0.4 is 9.47 Å². The van der Waals surface area contributed by atoms with Gasteiger partial charge in [0.2, 0.25) is 0 Å². The van der Waals surface area contributed by atoms with Gasteiger partial charge >= 0.3 is 0 Å². The van der Waals surface area contributed by atoms with Crippen molar-refractivity contribution in [3.05, 3.63) is 84.4 Å². The van der Waals surface area contributed by atoms with Crippen LogP contribution in [0.1, 0.15) is 10.8 Å². The smallest absolute Gasteiger partial charge is 0.180 e. The van der Waals surface area contributed by atoms with E-state index in [9.17, 15) is 8.42 Å². The van der Waals surface area contributed by atoms with Crippen molar-refractivity contribution < 1.29 is 17.9 Å². The molecule has 28 heavy (non-hydrogen) atoms. The molecule has 1 unspecified atom stereocenters. The summed E-state index contributed by atoms with van der Waals surface area (Å²) in [6, 6.07) is 24.6. The zero-order valence-electron chi connectivity index (χ0n) is 15.2. The minimum absolute atomic E-state index is 0.114. The molecule has 4 nitrogen and oxygen atoms in total. The molecule has 0 N–H and O–H groups in total. The normalized spacial score (nSPS) is 17.1. The molecule has 0 bridgehead atoms. The van der Waals surface area contributed by atoms with E-state index >= 15 is 0 Å². The lowest BCUT2D eigenvalue weighted by molar-refractivity contribution is 0.217. The van der Waals surface area contributed by atoms with E-state index in [1.165, 1.54) is 0 Å². The van der Waals surface area contributed by atoms with Gasteiger partial charge in [0.15, 0.2) is 9.84 Å². The molecule has 1 heterocycles. The Kier molecular flexibility index (Phi) is 5.59. The second-order valence-electron chi connectivity index (χ2n) is 6.41. The number of thioether (sulfide) groups is 1. The third-order valence-electron chi connectivity index (χ3n) is 4.42. The maximum atomic E-state index is 12.5. The monoisotopic (exact) mass is 412 g/mol. The second-order valence-corrected chi connectivity index (χ2v) is 9.69. The number of sulfone groups is 1. The Morgan fingerprint density at radius 2 is 1.46 bits per heavy atom. The summed E-state index contributed by atoms with van der Waals surface area (Å²) in [6.45, 7) is 0.804. The van der Waals surface area contributed by atoms with Crippen molar-refractivity contribution >= 4 is 21.6 Å². The Hall–Kier alpha value is -2.44. The third kappa shape index (κ3) is 4.34. The van der Waals surface area contributed by atoms with Crippen LogP contribution in [0.15, 0.2) is 88.7 Å². The molecule has 0 aliphatic carbocycles. The van der Waals surface area contributed by atoms with E-state index < -0.39 is 9.84 Å². The third-order valence-corrected chi connectivity index (χ3v) is 7.69. The van der Waals surface area contributed by atoms with Gasteiger partial charge in [0, 0.05) is 4.90 Å². The van der Waals surface area contributed by atoms with Gasteiger partial charge in [-0.1, -0.05) is 36.4 Å². The Morgan fingerprint density at radius 3 is 2.18 bits per heavy atom. The molecule has 0 spiro atoms. The molecule has 3 aromatic carbocycles. The van der Waals surface area contributed by atoms with E-state index in [0.29, 0.717) is 23.9 Å². The van der Waals surface area contributed by atoms with Gasteiger partial charge in [0.05, 0.1) is 15.9 Å². The molecule has 3 aromatic rings. The fourth-order valence-corrected chi connectivity index (χ4v) is 6.57. The van der Waals surface area contributed by atoms with Crippen molar-refractivity contribution in [2.24, 2.45) is 0 Å². The zero-order valence-corrected chi connectivity index (χ0v) is 16.8. The molecule has 0 saturated heterocycles. The topological polar surface area (TPSA) is 52.6 Å². The van der Waals surface area contributed by atoms with Crippen LogP contribution in [0.2, 0.25) is 0 Å². The van der Waals surface area contributed by atoms with E-state index in [-0.39, 0.29) is 11.0 Å². The van der Waals surface area contributed by atoms with Crippen LogP contribution in [0.25, 0.3) is 0 Å². The zero-order chi connectivity index (χ0) is 19.4. The van der Waals surface area contributed by atoms with Crippen molar-refractivity contribution in [2.45, 2.75) is 15.0 Å². The SMILES string of the molecule is O=S1(=O)CC(Sc2ccccc2)c2cc(OCCOc3ccccc3)ccc21. The molecule has 1 atom stereocenters. The lowest BCUT2D eigenvalue weighted by Crippen LogP contribution is -2.09. The molecule has 4 rings (SSSR count). The molecule has 0 aromatic heterocycles. The highest BCUT2D eigenvalue weighted by atomic mass is 32.2. The Labute approximate surface area is 169 Å². The molecule has 1 aliphatic rings. The van der Waals surface area contributed by atoms with E-state index in [2.05, 4.69) is 0 Å². The van der Waals surface area contributed by atoms with Crippen molar-refractivity contribution in [2.75, 3.05) is 19.0 Å². The number of ether oxygens (including phenoxy) is 2. The van der Waals surface area contributed by atoms with Crippen LogP contribution in [0, 0.1) is 0 Å². The van der Waals surface area contributed by atoms with Crippen molar-refractivity contribution in [3.63, 3.8) is 0 Å². The number of hydrogen-bond acceptors (Lipinski definition) is 5. The summed E-state index contributed by atoms with van der Waals surface area (Å²) in [7, 11) is -3.25. The van der Waals surface area contributed by atoms with Gasteiger partial charge in [-0.15, -0.1) is 11.8 Å². The summed E-state index contributed by atoms with van der Waals surface area (Å²) in [5, 5.41) is -0.133. The number of benzene rings is 3. The molecule has 6 heteroatoms. The average Bonchev–Trinajstić information content (AvgIpc) is 2.96. The molecule has 0 radical (unpaired) electrons. The molecule has 0 fully saturated rings. The summed E-state index contributed by atoms with van der Waals surface area (Å²) >= 11 is 1.57. The van der Waals surface area contributed by atoms with E-state index in [1.807, 2.05) is 66.7 Å². The first kappa shape index (κ1) is 18.9. The van der Waals surface area contributed by atoms with Crippen LogP contribution in [-0.4, -0.2) is 27.4 Å². The molecule has 1 aliphatic heterocycles. The van der Waals surface area contributed by atoms with E-state index in [0.717, 1.165) is 16.2 Å². The summed E-state index contributed by atoms with van der Waals surface area (Å²) < 4.78 is 36.4. The predicted molar refractivity (Wildman–Crippen MR) is 111 cm³/mol. The number of para-hydroxylation sites is 1. The summed E-state index contributed by atoms with van der Waals surface area (Å²) in [5.74, 6) is 1.57. The van der Waals surface area contributed by atoms with E-state index in [1.54, 1.807) is 23.9 Å². The highest BCUT2D eigenvalue weighted by Gasteiger charge is 2.35. The van der Waals surface area contributed by atoms with Crippen LogP contribution in [0.4, 0.5) is 0 Å². The maximum Gasteiger partial charge on any atom is 0.180 e. The van der Waals surface area contributed by atoms with Gasteiger partial charge in [0.25, 0.3) is 0 Å². The lowest BCUT2D eigenvalue weighted by Gasteiger charge is -2.12. The van der Waals surface area contributed by atoms with Gasteiger partial charge in [-0.25, -0.2) is 8.42 Å². The first-order chi connectivity index (χ1) is 13.6. The van der Waals surface area contributed by atoms with Gasteiger partial charge in [0.1, 0.15) is 24.7 Å². The van der Waals surface area contributed by atoms with Gasteiger partial charge in [-0.2, -0.15) is 0 Å². The van der Waals surface area contributed by atoms with Crippen LogP contribution in [0.3, 0.4) is 0 Å². The Balaban J connectivity index is 1.44. The first-order valence-corrected chi connectivity index (χ1v) is 11.5. The number of hydrogen-bond donors (Lipinski definition) is 0. The quantitative estimate of drug-likeness (QED) is 0.524. The molecular weight excluding hydrogens is 392 g/mol. The van der Waals surface area contributed by atoms with Crippen LogP contribution in [-0.2, 0) is 9.84 Å². The Bertz CT molecular complexity index is 1030. The molecule has 0 saturated carbocycles. The maximum absolute atomic E-state index is 12.5. The van der Waals surface area contributed by atoms with Crippen LogP contribution in [0.5, 0.6) is 11.5 Å². The van der Waals surface area contributed by atoms with Gasteiger partial charge < -0.3 is 9.47 Å². The minimum atomic E-state index is -3.25. The van der Waals surface area contributed by atoms with Gasteiger partial charge in [-0.05, 0) is 48.0 Å². The fourth-order valence-electron chi connectivity index (χ4n) is 3.13. The second kappa shape index (κ2) is 8.29. The largest absolute Gasteiger partial charge is 0.490 e. The highest BCUT2D eigenvalue weighted by Crippen LogP contribution is 2.46. The van der Waals surface area contributed by atoms with E-state index in [4.69, 9.17) is 9.47 Å². The minimum Gasteiger partial charge on any atom is -0.490 e. The van der Waals surface area contributed by atoms with Crippen molar-refractivity contribution in [1.29, 1.82) is 0 Å². The molecular formula is C22H20O4S2. The lowest BCUT2D eigenvalue weighted by atomic mass is 10.1. The Morgan fingerprint density at radius 1 is 0.821 bits per heavy atom. The number of fused-ring (bicyclic) bond motifs is 1. The average molecular weight is 413 g/mol. The standard InChI is InChI=1S/C22H20O4S2/c23-28(24)16-21(27-19-9-5-2-6-10-19)20-15-18(11-12-22(20)28)26-14-13-25-17-7-3-1-4-8-17/h1-12,15,21H,13-14,16H2. The fraction of sp³-hybridized carbons (Fsp3) is 0.182. The number of rotatable bonds is 7. The summed E-state index contributed by atoms with van der Waals surface area (Å²) in [4.78, 5) is 1.46. The first-order valence-electron chi connectivity index (χ1n) is 9.01. The molecule has 144 valence electrons. The molecule has 0 amide bonds. The van der Waals surface area contributed by atoms with Crippen LogP contribution >= 0.6 is 11.8 Å². The van der Waals surface area contributed by atoms with Crippen molar-refractivity contribution in [1.82, 2.24) is 0 Å². The highest BCUT2D eigenvalue weighted by molar-refractivity contribution is 8.01. The summed E-state index contributed by atoms with van der Waals surface area (Å²) in [5.41, 5.74) is 0.815. The van der Waals surface area contributed by atoms with Gasteiger partial charge in [-0.3, -0.25) is 0 Å². The predicted octanol–water partition coefficient (Wildman–Crippen LogP) is 4.77. The summed E-state index contributed by atoms with van der Waals surface area (Å²) in [6.07, 6.45) is 0.